The highest BCUT2D eigenvalue weighted by Crippen LogP contribution is 2.26. The minimum absolute atomic E-state index is 0.0370. The second-order valence-corrected chi connectivity index (χ2v) is 6.61. The molecule has 130 valence electrons. The summed E-state index contributed by atoms with van der Waals surface area (Å²) in [6.07, 6.45) is 3.64. The van der Waals surface area contributed by atoms with E-state index in [9.17, 15) is 4.79 Å². The van der Waals surface area contributed by atoms with Gasteiger partial charge < -0.3 is 4.42 Å². The average molecular weight is 338 g/mol. The molecule has 1 amide bonds. The lowest BCUT2D eigenvalue weighted by Gasteiger charge is -2.32. The number of hydrogen-bond donors (Lipinski definition) is 1. The zero-order valence-corrected chi connectivity index (χ0v) is 14.5. The number of amides is 1. The fourth-order valence-electron chi connectivity index (χ4n) is 3.40. The molecular formula is C19H22N4O2. The second kappa shape index (κ2) is 6.37. The fraction of sp³-hybridized carbons (Fsp3) is 0.368. The van der Waals surface area contributed by atoms with Crippen LogP contribution in [-0.2, 0) is 11.8 Å². The summed E-state index contributed by atoms with van der Waals surface area (Å²) in [5, 5.41) is 8.87. The summed E-state index contributed by atoms with van der Waals surface area (Å²) in [7, 11) is 1.86. The Balaban J connectivity index is 1.50. The van der Waals surface area contributed by atoms with Crippen molar-refractivity contribution in [1.82, 2.24) is 15.1 Å². The zero-order valence-electron chi connectivity index (χ0n) is 14.5. The number of benzene rings is 1. The minimum Gasteiger partial charge on any atom is -0.459 e. The summed E-state index contributed by atoms with van der Waals surface area (Å²) in [5.41, 5.74) is 0.872. The molecule has 1 aliphatic heterocycles. The van der Waals surface area contributed by atoms with Crippen LogP contribution in [0.5, 0.6) is 0 Å². The molecule has 3 heterocycles. The summed E-state index contributed by atoms with van der Waals surface area (Å²) < 4.78 is 7.64. The number of aryl methyl sites for hydroxylation is 1. The maximum atomic E-state index is 12.9. The smallest absolute Gasteiger partial charge is 0.245 e. The van der Waals surface area contributed by atoms with Crippen molar-refractivity contribution in [3.05, 3.63) is 48.4 Å². The topological polar surface area (TPSA) is 63.3 Å². The molecule has 4 rings (SSSR count). The maximum Gasteiger partial charge on any atom is 0.245 e. The van der Waals surface area contributed by atoms with Crippen LogP contribution in [0.15, 0.2) is 47.0 Å². The van der Waals surface area contributed by atoms with Crippen LogP contribution in [0.25, 0.3) is 11.0 Å². The van der Waals surface area contributed by atoms with E-state index in [2.05, 4.69) is 10.4 Å². The van der Waals surface area contributed by atoms with Crippen LogP contribution in [0.1, 0.15) is 31.6 Å². The first-order valence-corrected chi connectivity index (χ1v) is 8.67. The zero-order chi connectivity index (χ0) is 17.4. The molecule has 1 fully saturated rings. The summed E-state index contributed by atoms with van der Waals surface area (Å²) in [4.78, 5) is 14.6. The van der Waals surface area contributed by atoms with Crippen LogP contribution in [0.4, 0.5) is 5.82 Å². The van der Waals surface area contributed by atoms with Crippen molar-refractivity contribution in [2.24, 2.45) is 7.05 Å². The molecule has 1 aromatic carbocycles. The second-order valence-electron chi connectivity index (χ2n) is 6.61. The molecule has 2 aromatic heterocycles. The Morgan fingerprint density at radius 2 is 2.16 bits per heavy atom. The highest BCUT2D eigenvalue weighted by atomic mass is 16.3. The molecule has 25 heavy (non-hydrogen) atoms. The molecule has 0 saturated carbocycles. The van der Waals surface area contributed by atoms with Crippen LogP contribution in [0.3, 0.4) is 0 Å². The standard InChI is InChI=1S/C19H22N4O2/c1-13(17-12-14-6-3-4-8-16(14)25-17)20-15-7-5-10-23(19(15)24)18-9-11-22(2)21-18/h3-4,6,8-9,11-13,15,20H,5,7,10H2,1-2H3/t13-,15-/m1/s1. The Hall–Kier alpha value is -2.60. The predicted octanol–water partition coefficient (Wildman–Crippen LogP) is 3.01. The number of hydrogen-bond acceptors (Lipinski definition) is 4. The van der Waals surface area contributed by atoms with E-state index in [0.717, 1.165) is 35.4 Å². The van der Waals surface area contributed by atoms with Gasteiger partial charge in [0.25, 0.3) is 0 Å². The monoisotopic (exact) mass is 338 g/mol. The third kappa shape index (κ3) is 3.05. The third-order valence-electron chi connectivity index (χ3n) is 4.74. The summed E-state index contributed by atoms with van der Waals surface area (Å²) >= 11 is 0. The largest absolute Gasteiger partial charge is 0.459 e. The van der Waals surface area contributed by atoms with Gasteiger partial charge in [-0.1, -0.05) is 18.2 Å². The van der Waals surface area contributed by atoms with Gasteiger partial charge in [0.05, 0.1) is 12.1 Å². The Morgan fingerprint density at radius 1 is 1.32 bits per heavy atom. The Kier molecular flexibility index (Phi) is 4.05. The van der Waals surface area contributed by atoms with E-state index in [1.165, 1.54) is 0 Å². The SMILES string of the molecule is C[C@@H](N[C@@H]1CCCN(c2ccn(C)n2)C1=O)c1cc2ccccc2o1. The van der Waals surface area contributed by atoms with Crippen LogP contribution in [-0.4, -0.2) is 28.3 Å². The highest BCUT2D eigenvalue weighted by molar-refractivity contribution is 5.97. The normalized spacial score (nSPS) is 19.5. The minimum atomic E-state index is -0.223. The summed E-state index contributed by atoms with van der Waals surface area (Å²) in [6, 6.07) is 11.6. The Bertz CT molecular complexity index is 865. The number of furan rings is 1. The number of carbonyl (C=O) groups is 1. The third-order valence-corrected chi connectivity index (χ3v) is 4.74. The van der Waals surface area contributed by atoms with Crippen molar-refractivity contribution >= 4 is 22.7 Å². The molecule has 0 unspecified atom stereocenters. The van der Waals surface area contributed by atoms with Crippen molar-refractivity contribution in [3.63, 3.8) is 0 Å². The number of para-hydroxylation sites is 1. The van der Waals surface area contributed by atoms with Gasteiger partial charge in [-0.25, -0.2) is 0 Å². The quantitative estimate of drug-likeness (QED) is 0.794. The first-order chi connectivity index (χ1) is 12.1. The molecule has 1 N–H and O–H groups in total. The van der Waals surface area contributed by atoms with Gasteiger partial charge in [-0.15, -0.1) is 0 Å². The van der Waals surface area contributed by atoms with Gasteiger partial charge in [0.1, 0.15) is 11.3 Å². The van der Waals surface area contributed by atoms with Crippen molar-refractivity contribution < 1.29 is 9.21 Å². The van der Waals surface area contributed by atoms with Crippen molar-refractivity contribution in [1.29, 1.82) is 0 Å². The molecule has 0 aliphatic carbocycles. The maximum absolute atomic E-state index is 12.9. The molecule has 3 aromatic rings. The molecule has 0 spiro atoms. The number of rotatable bonds is 4. The number of nitrogens with one attached hydrogen (secondary N) is 1. The molecule has 1 aliphatic rings. The number of nitrogens with zero attached hydrogens (tertiary/aromatic N) is 3. The van der Waals surface area contributed by atoms with E-state index in [1.54, 1.807) is 9.58 Å². The van der Waals surface area contributed by atoms with Gasteiger partial charge in [-0.2, -0.15) is 5.10 Å². The molecule has 6 heteroatoms. The lowest BCUT2D eigenvalue weighted by Crippen LogP contribution is -2.51. The van der Waals surface area contributed by atoms with E-state index in [-0.39, 0.29) is 18.0 Å². The van der Waals surface area contributed by atoms with Crippen molar-refractivity contribution in [2.75, 3.05) is 11.4 Å². The fourth-order valence-corrected chi connectivity index (χ4v) is 3.40. The van der Waals surface area contributed by atoms with Gasteiger partial charge >= 0.3 is 0 Å². The van der Waals surface area contributed by atoms with E-state index < -0.39 is 0 Å². The van der Waals surface area contributed by atoms with Gasteiger partial charge in [-0.3, -0.25) is 19.7 Å². The van der Waals surface area contributed by atoms with Crippen molar-refractivity contribution in [2.45, 2.75) is 31.8 Å². The molecule has 2 atom stereocenters. The van der Waals surface area contributed by atoms with Crippen LogP contribution in [0, 0.1) is 0 Å². The van der Waals surface area contributed by atoms with Gasteiger partial charge in [0, 0.05) is 31.2 Å². The van der Waals surface area contributed by atoms with Crippen LogP contribution in [0.2, 0.25) is 0 Å². The average Bonchev–Trinajstić information content (AvgIpc) is 3.23. The molecule has 0 radical (unpaired) electrons. The first-order valence-electron chi connectivity index (χ1n) is 8.67. The number of carbonyl (C=O) groups excluding carboxylic acids is 1. The number of piperidine rings is 1. The highest BCUT2D eigenvalue weighted by Gasteiger charge is 2.32. The lowest BCUT2D eigenvalue weighted by molar-refractivity contribution is -0.122. The molecular weight excluding hydrogens is 316 g/mol. The van der Waals surface area contributed by atoms with E-state index in [4.69, 9.17) is 4.42 Å². The van der Waals surface area contributed by atoms with E-state index in [1.807, 2.05) is 56.6 Å². The number of fused-ring (bicyclic) bond motifs is 1. The molecule has 1 saturated heterocycles. The lowest BCUT2D eigenvalue weighted by atomic mass is 10.0. The Morgan fingerprint density at radius 3 is 2.92 bits per heavy atom. The summed E-state index contributed by atoms with van der Waals surface area (Å²) in [5.74, 6) is 1.65. The number of anilines is 1. The first kappa shape index (κ1) is 15.9. The predicted molar refractivity (Wildman–Crippen MR) is 96.3 cm³/mol. The molecule has 6 nitrogen and oxygen atoms in total. The van der Waals surface area contributed by atoms with Crippen molar-refractivity contribution in [3.8, 4) is 0 Å². The van der Waals surface area contributed by atoms with Crippen LogP contribution < -0.4 is 10.2 Å². The summed E-state index contributed by atoms with van der Waals surface area (Å²) in [6.45, 7) is 2.75. The van der Waals surface area contributed by atoms with E-state index >= 15 is 0 Å². The Labute approximate surface area is 146 Å². The van der Waals surface area contributed by atoms with Crippen LogP contribution >= 0.6 is 0 Å². The number of aromatic nitrogens is 2. The van der Waals surface area contributed by atoms with E-state index in [0.29, 0.717) is 6.54 Å². The molecule has 0 bridgehead atoms. The van der Waals surface area contributed by atoms with Gasteiger partial charge in [0.15, 0.2) is 5.82 Å². The van der Waals surface area contributed by atoms with Gasteiger partial charge in [-0.05, 0) is 31.9 Å². The van der Waals surface area contributed by atoms with Gasteiger partial charge in [0.2, 0.25) is 5.91 Å².